The van der Waals surface area contributed by atoms with Crippen molar-refractivity contribution in [2.75, 3.05) is 7.05 Å². The standard InChI is InChI=1S/C10H12N6O3/c1-14(6-7-3-4-15(2)13-7)10(17)8-5-9(12-11-8)16(18)19/h3-5H,6H2,1-2H3,(H,11,12). The lowest BCUT2D eigenvalue weighted by Gasteiger charge is -2.13. The summed E-state index contributed by atoms with van der Waals surface area (Å²) in [5.74, 6) is -0.718. The quantitative estimate of drug-likeness (QED) is 0.631. The predicted octanol–water partition coefficient (Wildman–Crippen LogP) is 0.324. The van der Waals surface area contributed by atoms with E-state index in [0.29, 0.717) is 6.54 Å². The zero-order valence-corrected chi connectivity index (χ0v) is 10.4. The number of aryl methyl sites for hydroxylation is 1. The summed E-state index contributed by atoms with van der Waals surface area (Å²) in [6.07, 6.45) is 1.77. The third-order valence-electron chi connectivity index (χ3n) is 2.49. The Morgan fingerprint density at radius 3 is 2.89 bits per heavy atom. The van der Waals surface area contributed by atoms with Crippen LogP contribution >= 0.6 is 0 Å². The van der Waals surface area contributed by atoms with Crippen molar-refractivity contribution in [3.8, 4) is 0 Å². The van der Waals surface area contributed by atoms with Crippen molar-refractivity contribution in [2.24, 2.45) is 7.05 Å². The third kappa shape index (κ3) is 2.76. The number of aromatic nitrogens is 4. The first-order valence-electron chi connectivity index (χ1n) is 5.41. The van der Waals surface area contributed by atoms with Gasteiger partial charge in [0.2, 0.25) is 0 Å². The molecule has 0 bridgehead atoms. The molecule has 0 radical (unpaired) electrons. The maximum absolute atomic E-state index is 12.0. The third-order valence-corrected chi connectivity index (χ3v) is 2.49. The first-order chi connectivity index (χ1) is 8.97. The number of hydrogen-bond donors (Lipinski definition) is 1. The molecule has 0 saturated carbocycles. The summed E-state index contributed by atoms with van der Waals surface area (Å²) in [5.41, 5.74) is 0.730. The van der Waals surface area contributed by atoms with Gasteiger partial charge in [-0.25, -0.2) is 0 Å². The Morgan fingerprint density at radius 2 is 2.37 bits per heavy atom. The number of carbonyl (C=O) groups is 1. The molecule has 0 fully saturated rings. The van der Waals surface area contributed by atoms with Crippen LogP contribution in [-0.2, 0) is 13.6 Å². The molecule has 9 heteroatoms. The van der Waals surface area contributed by atoms with Gasteiger partial charge >= 0.3 is 5.82 Å². The molecule has 0 spiro atoms. The molecule has 2 rings (SSSR count). The van der Waals surface area contributed by atoms with Crippen molar-refractivity contribution >= 4 is 11.7 Å². The zero-order chi connectivity index (χ0) is 14.0. The molecule has 1 N–H and O–H groups in total. The van der Waals surface area contributed by atoms with Gasteiger partial charge < -0.3 is 15.0 Å². The Kier molecular flexibility index (Phi) is 3.27. The second kappa shape index (κ2) is 4.88. The molecule has 9 nitrogen and oxygen atoms in total. The molecule has 1 amide bonds. The van der Waals surface area contributed by atoms with Crippen LogP contribution in [0.5, 0.6) is 0 Å². The van der Waals surface area contributed by atoms with Gasteiger partial charge in [0.15, 0.2) is 5.69 Å². The van der Waals surface area contributed by atoms with E-state index >= 15 is 0 Å². The maximum Gasteiger partial charge on any atom is 0.343 e. The number of aromatic amines is 1. The normalized spacial score (nSPS) is 10.4. The molecule has 100 valence electrons. The first-order valence-corrected chi connectivity index (χ1v) is 5.41. The Morgan fingerprint density at radius 1 is 1.63 bits per heavy atom. The molecule has 19 heavy (non-hydrogen) atoms. The van der Waals surface area contributed by atoms with Gasteiger partial charge in [0, 0.05) is 20.3 Å². The molecule has 0 atom stereocenters. The topological polar surface area (TPSA) is 110 Å². The van der Waals surface area contributed by atoms with Gasteiger partial charge in [-0.15, -0.1) is 5.10 Å². The van der Waals surface area contributed by atoms with E-state index in [-0.39, 0.29) is 11.5 Å². The smallest absolute Gasteiger partial charge is 0.343 e. The van der Waals surface area contributed by atoms with E-state index < -0.39 is 10.8 Å². The summed E-state index contributed by atoms with van der Waals surface area (Å²) in [6, 6.07) is 2.90. The summed E-state index contributed by atoms with van der Waals surface area (Å²) in [7, 11) is 3.36. The minimum absolute atomic E-state index is 0.00475. The molecular formula is C10H12N6O3. The van der Waals surface area contributed by atoms with Crippen molar-refractivity contribution in [1.82, 2.24) is 24.9 Å². The molecule has 0 aliphatic heterocycles. The van der Waals surface area contributed by atoms with Crippen LogP contribution in [0.2, 0.25) is 0 Å². The fourth-order valence-corrected chi connectivity index (χ4v) is 1.57. The molecule has 2 aromatic rings. The summed E-state index contributed by atoms with van der Waals surface area (Å²) in [4.78, 5) is 23.2. The van der Waals surface area contributed by atoms with Gasteiger partial charge in [0.25, 0.3) is 5.91 Å². The van der Waals surface area contributed by atoms with Crippen LogP contribution < -0.4 is 0 Å². The minimum Gasteiger partial charge on any atom is -0.358 e. The van der Waals surface area contributed by atoms with Gasteiger partial charge in [-0.2, -0.15) is 5.10 Å². The maximum atomic E-state index is 12.0. The van der Waals surface area contributed by atoms with Crippen LogP contribution in [0.4, 0.5) is 5.82 Å². The predicted molar refractivity (Wildman–Crippen MR) is 64.2 cm³/mol. The fourth-order valence-electron chi connectivity index (χ4n) is 1.57. The number of nitro groups is 1. The summed E-state index contributed by atoms with van der Waals surface area (Å²) >= 11 is 0. The van der Waals surface area contributed by atoms with E-state index in [1.807, 2.05) is 0 Å². The van der Waals surface area contributed by atoms with E-state index in [0.717, 1.165) is 11.8 Å². The largest absolute Gasteiger partial charge is 0.358 e. The molecule has 2 aromatic heterocycles. The van der Waals surface area contributed by atoms with Crippen LogP contribution in [-0.4, -0.2) is 42.8 Å². The monoisotopic (exact) mass is 264 g/mol. The van der Waals surface area contributed by atoms with E-state index in [2.05, 4.69) is 15.3 Å². The van der Waals surface area contributed by atoms with Crippen LogP contribution in [0.3, 0.4) is 0 Å². The van der Waals surface area contributed by atoms with Gasteiger partial charge in [0.1, 0.15) is 0 Å². The van der Waals surface area contributed by atoms with Crippen LogP contribution in [0, 0.1) is 10.1 Å². The highest BCUT2D eigenvalue weighted by Crippen LogP contribution is 2.11. The van der Waals surface area contributed by atoms with E-state index in [1.165, 1.54) is 4.90 Å². The van der Waals surface area contributed by atoms with Gasteiger partial charge in [-0.3, -0.25) is 9.48 Å². The van der Waals surface area contributed by atoms with Crippen molar-refractivity contribution < 1.29 is 9.72 Å². The Hall–Kier alpha value is -2.71. The Balaban J connectivity index is 2.07. The Labute approximate surface area is 108 Å². The average molecular weight is 264 g/mol. The molecule has 0 aliphatic carbocycles. The number of rotatable bonds is 4. The molecule has 0 aliphatic rings. The van der Waals surface area contributed by atoms with Crippen molar-refractivity contribution in [2.45, 2.75) is 6.54 Å². The lowest BCUT2D eigenvalue weighted by Crippen LogP contribution is -2.26. The van der Waals surface area contributed by atoms with Crippen LogP contribution in [0.25, 0.3) is 0 Å². The number of amides is 1. The van der Waals surface area contributed by atoms with Gasteiger partial charge in [-0.1, -0.05) is 5.10 Å². The number of nitrogens with one attached hydrogen (secondary N) is 1. The number of H-pyrrole nitrogens is 1. The van der Waals surface area contributed by atoms with Crippen molar-refractivity contribution in [3.05, 3.63) is 39.8 Å². The number of carbonyl (C=O) groups excluding carboxylic acids is 1. The van der Waals surface area contributed by atoms with Gasteiger partial charge in [0.05, 0.1) is 18.3 Å². The number of nitrogens with zero attached hydrogens (tertiary/aromatic N) is 5. The van der Waals surface area contributed by atoms with Crippen molar-refractivity contribution in [1.29, 1.82) is 0 Å². The molecular weight excluding hydrogens is 252 g/mol. The highest BCUT2D eigenvalue weighted by atomic mass is 16.6. The van der Waals surface area contributed by atoms with E-state index in [1.54, 1.807) is 31.0 Å². The summed E-state index contributed by atoms with van der Waals surface area (Å²) < 4.78 is 1.63. The van der Waals surface area contributed by atoms with Gasteiger partial charge in [-0.05, 0) is 11.0 Å². The minimum atomic E-state index is -0.636. The first kappa shape index (κ1) is 12.7. The molecule has 0 saturated heterocycles. The number of hydrogen-bond acceptors (Lipinski definition) is 5. The second-order valence-electron chi connectivity index (χ2n) is 4.04. The van der Waals surface area contributed by atoms with Crippen molar-refractivity contribution in [3.63, 3.8) is 0 Å². The average Bonchev–Trinajstić information content (AvgIpc) is 2.97. The lowest BCUT2D eigenvalue weighted by atomic mass is 10.3. The second-order valence-corrected chi connectivity index (χ2v) is 4.04. The lowest BCUT2D eigenvalue weighted by molar-refractivity contribution is -0.389. The molecule has 0 aromatic carbocycles. The SMILES string of the molecule is CN(Cc1ccn(C)n1)C(=O)c1cc([N+](=O)[O-])[nH]n1. The van der Waals surface area contributed by atoms with E-state index in [4.69, 9.17) is 0 Å². The zero-order valence-electron chi connectivity index (χ0n) is 10.4. The van der Waals surface area contributed by atoms with Crippen LogP contribution in [0.15, 0.2) is 18.3 Å². The Bertz CT molecular complexity index is 616. The molecule has 2 heterocycles. The summed E-state index contributed by atoms with van der Waals surface area (Å²) in [6.45, 7) is 0.306. The highest BCUT2D eigenvalue weighted by Gasteiger charge is 2.20. The summed E-state index contributed by atoms with van der Waals surface area (Å²) in [5, 5.41) is 20.5. The fraction of sp³-hybridized carbons (Fsp3) is 0.300. The van der Waals surface area contributed by atoms with Crippen LogP contribution in [0.1, 0.15) is 16.2 Å². The molecule has 0 unspecified atom stereocenters. The van der Waals surface area contributed by atoms with E-state index in [9.17, 15) is 14.9 Å². The highest BCUT2D eigenvalue weighted by molar-refractivity contribution is 5.92.